The van der Waals surface area contributed by atoms with Crippen LogP contribution in [0.15, 0.2) is 41.3 Å². The molecule has 0 spiro atoms. The smallest absolute Gasteiger partial charge is 0.261 e. The molecule has 0 radical (unpaired) electrons. The first kappa shape index (κ1) is 17.6. The van der Waals surface area contributed by atoms with Gasteiger partial charge in [0.1, 0.15) is 17.4 Å². The largest absolute Gasteiger partial charge is 0.487 e. The van der Waals surface area contributed by atoms with Crippen LogP contribution < -0.4 is 15.5 Å². The van der Waals surface area contributed by atoms with E-state index in [1.54, 1.807) is 18.3 Å². The average molecular weight is 383 g/mol. The first-order valence-electron chi connectivity index (χ1n) is 8.76. The standard InChI is InChI=1S/C21H19ClN2O3/c1-11-4-6-16(12(2)8-11)23-21(26)14-10-24-9-13(3)27-17-7-5-15(22)18(19(17)24)20(14)25/h4-8,10,13H,9H2,1-3H3,(H,23,26)/t13-/m0/s1. The molecule has 27 heavy (non-hydrogen) atoms. The number of halogens is 1. The number of carbonyl (C=O) groups is 1. The topological polar surface area (TPSA) is 60.3 Å². The highest BCUT2D eigenvalue weighted by atomic mass is 35.5. The lowest BCUT2D eigenvalue weighted by molar-refractivity contribution is 0.102. The lowest BCUT2D eigenvalue weighted by Gasteiger charge is -2.26. The van der Waals surface area contributed by atoms with Gasteiger partial charge in [-0.05, 0) is 44.5 Å². The number of rotatable bonds is 2. The zero-order chi connectivity index (χ0) is 19.3. The molecule has 0 aliphatic carbocycles. The summed E-state index contributed by atoms with van der Waals surface area (Å²) in [5.74, 6) is 0.157. The molecule has 4 rings (SSSR count). The van der Waals surface area contributed by atoms with Gasteiger partial charge < -0.3 is 14.6 Å². The van der Waals surface area contributed by atoms with Gasteiger partial charge in [0.25, 0.3) is 5.91 Å². The number of benzene rings is 2. The molecular formula is C21H19ClN2O3. The van der Waals surface area contributed by atoms with Crippen LogP contribution in [0.3, 0.4) is 0 Å². The molecule has 1 aromatic heterocycles. The van der Waals surface area contributed by atoms with Crippen LogP contribution >= 0.6 is 11.6 Å². The van der Waals surface area contributed by atoms with Crippen molar-refractivity contribution in [3.8, 4) is 5.75 Å². The zero-order valence-corrected chi connectivity index (χ0v) is 16.1. The quantitative estimate of drug-likeness (QED) is 0.718. The molecule has 0 saturated carbocycles. The lowest BCUT2D eigenvalue weighted by Crippen LogP contribution is -2.30. The van der Waals surface area contributed by atoms with Crippen molar-refractivity contribution in [2.75, 3.05) is 5.32 Å². The third-order valence-electron chi connectivity index (χ3n) is 4.79. The van der Waals surface area contributed by atoms with E-state index in [9.17, 15) is 9.59 Å². The molecule has 5 nitrogen and oxygen atoms in total. The SMILES string of the molecule is Cc1ccc(NC(=O)c2cn3c4c(ccc(Cl)c4c2=O)O[C@@H](C)C3)c(C)c1. The number of amides is 1. The summed E-state index contributed by atoms with van der Waals surface area (Å²) in [5, 5.41) is 3.47. The van der Waals surface area contributed by atoms with Gasteiger partial charge in [0.2, 0.25) is 5.43 Å². The van der Waals surface area contributed by atoms with Crippen molar-refractivity contribution in [2.45, 2.75) is 33.4 Å². The van der Waals surface area contributed by atoms with Gasteiger partial charge in [0.05, 0.1) is 22.5 Å². The molecular weight excluding hydrogens is 364 g/mol. The van der Waals surface area contributed by atoms with E-state index < -0.39 is 11.3 Å². The third-order valence-corrected chi connectivity index (χ3v) is 5.11. The van der Waals surface area contributed by atoms with Gasteiger partial charge in [0, 0.05) is 11.9 Å². The fourth-order valence-electron chi connectivity index (χ4n) is 3.54. The summed E-state index contributed by atoms with van der Waals surface area (Å²) < 4.78 is 7.70. The van der Waals surface area contributed by atoms with Crippen molar-refractivity contribution in [1.29, 1.82) is 0 Å². The van der Waals surface area contributed by atoms with Gasteiger partial charge in [-0.15, -0.1) is 0 Å². The van der Waals surface area contributed by atoms with E-state index >= 15 is 0 Å². The molecule has 3 aromatic rings. The Balaban J connectivity index is 1.85. The minimum atomic E-state index is -0.446. The van der Waals surface area contributed by atoms with E-state index in [0.717, 1.165) is 11.1 Å². The Morgan fingerprint density at radius 1 is 1.26 bits per heavy atom. The fraction of sp³-hybridized carbons (Fsp3) is 0.238. The highest BCUT2D eigenvalue weighted by Gasteiger charge is 2.24. The van der Waals surface area contributed by atoms with E-state index in [1.165, 1.54) is 0 Å². The van der Waals surface area contributed by atoms with Crippen LogP contribution in [0.1, 0.15) is 28.4 Å². The molecule has 1 aliphatic rings. The van der Waals surface area contributed by atoms with Crippen LogP contribution in [0, 0.1) is 13.8 Å². The van der Waals surface area contributed by atoms with Crippen molar-refractivity contribution in [3.05, 3.63) is 68.5 Å². The lowest BCUT2D eigenvalue weighted by atomic mass is 10.1. The number of nitrogens with zero attached hydrogens (tertiary/aromatic N) is 1. The van der Waals surface area contributed by atoms with E-state index in [4.69, 9.17) is 16.3 Å². The molecule has 2 heterocycles. The maximum atomic E-state index is 13.0. The maximum Gasteiger partial charge on any atom is 0.261 e. The second kappa shape index (κ2) is 6.43. The summed E-state index contributed by atoms with van der Waals surface area (Å²) in [6.45, 7) is 6.38. The van der Waals surface area contributed by atoms with Crippen molar-refractivity contribution in [1.82, 2.24) is 4.57 Å². The fourth-order valence-corrected chi connectivity index (χ4v) is 3.78. The number of aryl methyl sites for hydroxylation is 2. The van der Waals surface area contributed by atoms with E-state index in [1.807, 2.05) is 43.5 Å². The van der Waals surface area contributed by atoms with E-state index in [0.29, 0.717) is 33.9 Å². The summed E-state index contributed by atoms with van der Waals surface area (Å²) in [6.07, 6.45) is 1.53. The molecule has 0 bridgehead atoms. The first-order valence-corrected chi connectivity index (χ1v) is 9.14. The van der Waals surface area contributed by atoms with Crippen molar-refractivity contribution in [2.24, 2.45) is 0 Å². The number of anilines is 1. The van der Waals surface area contributed by atoms with Gasteiger partial charge in [0.15, 0.2) is 0 Å². The number of aromatic nitrogens is 1. The first-order chi connectivity index (χ1) is 12.8. The molecule has 138 valence electrons. The van der Waals surface area contributed by atoms with Gasteiger partial charge in [-0.2, -0.15) is 0 Å². The number of hydrogen-bond acceptors (Lipinski definition) is 3. The Morgan fingerprint density at radius 3 is 2.78 bits per heavy atom. The molecule has 2 aromatic carbocycles. The zero-order valence-electron chi connectivity index (χ0n) is 15.3. The highest BCUT2D eigenvalue weighted by molar-refractivity contribution is 6.35. The van der Waals surface area contributed by atoms with Gasteiger partial charge in [-0.25, -0.2) is 0 Å². The van der Waals surface area contributed by atoms with Crippen LogP contribution in [0.5, 0.6) is 5.75 Å². The van der Waals surface area contributed by atoms with Crippen LogP contribution in [-0.4, -0.2) is 16.6 Å². The molecule has 1 aliphatic heterocycles. The number of hydrogen-bond donors (Lipinski definition) is 1. The molecule has 6 heteroatoms. The molecule has 0 fully saturated rings. The number of ether oxygens (including phenoxy) is 1. The Hall–Kier alpha value is -2.79. The minimum absolute atomic E-state index is 0.0654. The van der Waals surface area contributed by atoms with Crippen molar-refractivity contribution >= 4 is 34.1 Å². The maximum absolute atomic E-state index is 13.0. The van der Waals surface area contributed by atoms with Crippen molar-refractivity contribution in [3.63, 3.8) is 0 Å². The summed E-state index contributed by atoms with van der Waals surface area (Å²) >= 11 is 6.30. The van der Waals surface area contributed by atoms with Crippen LogP contribution in [0.4, 0.5) is 5.69 Å². The summed E-state index contributed by atoms with van der Waals surface area (Å²) in [6, 6.07) is 9.13. The predicted molar refractivity (Wildman–Crippen MR) is 107 cm³/mol. The highest BCUT2D eigenvalue weighted by Crippen LogP contribution is 2.33. The van der Waals surface area contributed by atoms with Crippen molar-refractivity contribution < 1.29 is 9.53 Å². The Kier molecular flexibility index (Phi) is 4.19. The third kappa shape index (κ3) is 2.98. The molecule has 1 N–H and O–H groups in total. The number of carbonyl (C=O) groups excluding carboxylic acids is 1. The van der Waals surface area contributed by atoms with Crippen LogP contribution in [0.2, 0.25) is 5.02 Å². The van der Waals surface area contributed by atoms with Gasteiger partial charge >= 0.3 is 0 Å². The molecule has 1 amide bonds. The Morgan fingerprint density at radius 2 is 2.04 bits per heavy atom. The summed E-state index contributed by atoms with van der Waals surface area (Å²) in [5.41, 5.74) is 3.03. The summed E-state index contributed by atoms with van der Waals surface area (Å²) in [7, 11) is 0. The normalized spacial score (nSPS) is 15.5. The number of nitrogens with one attached hydrogen (secondary N) is 1. The summed E-state index contributed by atoms with van der Waals surface area (Å²) in [4.78, 5) is 25.9. The molecule has 1 atom stereocenters. The second-order valence-corrected chi connectivity index (χ2v) is 7.40. The Labute approximate surface area is 161 Å². The second-order valence-electron chi connectivity index (χ2n) is 6.99. The molecule has 0 unspecified atom stereocenters. The Bertz CT molecular complexity index is 1150. The van der Waals surface area contributed by atoms with Crippen LogP contribution in [0.25, 0.3) is 10.9 Å². The van der Waals surface area contributed by atoms with E-state index in [-0.39, 0.29) is 11.7 Å². The van der Waals surface area contributed by atoms with Gasteiger partial charge in [-0.1, -0.05) is 29.3 Å². The average Bonchev–Trinajstić information content (AvgIpc) is 2.61. The number of pyridine rings is 1. The van der Waals surface area contributed by atoms with Gasteiger partial charge in [-0.3, -0.25) is 9.59 Å². The monoisotopic (exact) mass is 382 g/mol. The predicted octanol–water partition coefficient (Wildman–Crippen LogP) is 4.30. The van der Waals surface area contributed by atoms with Crippen LogP contribution in [-0.2, 0) is 6.54 Å². The minimum Gasteiger partial charge on any atom is -0.487 e. The van der Waals surface area contributed by atoms with E-state index in [2.05, 4.69) is 5.32 Å². The molecule has 0 saturated heterocycles.